The van der Waals surface area contributed by atoms with Crippen LogP contribution in [0.1, 0.15) is 37.7 Å². The normalized spacial score (nSPS) is 22.2. The molecule has 0 bridgehead atoms. The Balaban J connectivity index is 1.30. The molecule has 1 aromatic carbocycles. The minimum absolute atomic E-state index is 0.0819. The lowest BCUT2D eigenvalue weighted by Gasteiger charge is -2.36. The van der Waals surface area contributed by atoms with Gasteiger partial charge >= 0.3 is 0 Å². The smallest absolute Gasteiger partial charge is 0.154 e. The number of fused-ring (bicyclic) bond motifs is 1. The van der Waals surface area contributed by atoms with Crippen molar-refractivity contribution >= 4 is 15.5 Å². The van der Waals surface area contributed by atoms with Crippen molar-refractivity contribution in [2.45, 2.75) is 43.8 Å². The summed E-state index contributed by atoms with van der Waals surface area (Å²) in [6.07, 6.45) is 6.09. The molecular weight excluding hydrogens is 348 g/mol. The quantitative estimate of drug-likeness (QED) is 0.788. The van der Waals surface area contributed by atoms with Crippen LogP contribution in [0.5, 0.6) is 5.75 Å². The molecule has 0 unspecified atom stereocenters. The number of anilines is 1. The van der Waals surface area contributed by atoms with E-state index >= 15 is 0 Å². The number of hydrogen-bond acceptors (Lipinski definition) is 5. The highest BCUT2D eigenvalue weighted by Gasteiger charge is 2.29. The highest BCUT2D eigenvalue weighted by molar-refractivity contribution is 7.92. The summed E-state index contributed by atoms with van der Waals surface area (Å²) in [6.45, 7) is 5.17. The molecule has 0 N–H and O–H groups in total. The Morgan fingerprint density at radius 2 is 1.81 bits per heavy atom. The van der Waals surface area contributed by atoms with E-state index < -0.39 is 9.84 Å². The largest absolute Gasteiger partial charge is 0.491 e. The Labute approximate surface area is 157 Å². The van der Waals surface area contributed by atoms with E-state index in [0.717, 1.165) is 70.6 Å². The standard InChI is InChI=1S/C20H30N2O3S/c23-26(24,18-6-2-1-3-7-18)16-14-21-10-12-22(13-11-21)19-8-4-5-17-9-15-25-20(17)19/h4-5,8,18H,1-3,6-7,9-16H2. The van der Waals surface area contributed by atoms with Gasteiger partial charge in [0, 0.05) is 39.1 Å². The van der Waals surface area contributed by atoms with Gasteiger partial charge in [0.2, 0.25) is 0 Å². The summed E-state index contributed by atoms with van der Waals surface area (Å²) >= 11 is 0. The number of hydrogen-bond donors (Lipinski definition) is 0. The lowest BCUT2D eigenvalue weighted by Crippen LogP contribution is -2.48. The molecule has 26 heavy (non-hydrogen) atoms. The van der Waals surface area contributed by atoms with Crippen LogP contribution in [0, 0.1) is 0 Å². The predicted octanol–water partition coefficient (Wildman–Crippen LogP) is 2.49. The van der Waals surface area contributed by atoms with E-state index in [1.165, 1.54) is 17.7 Å². The topological polar surface area (TPSA) is 49.9 Å². The minimum Gasteiger partial charge on any atom is -0.491 e. The molecule has 1 saturated carbocycles. The van der Waals surface area contributed by atoms with Crippen LogP contribution >= 0.6 is 0 Å². The summed E-state index contributed by atoms with van der Waals surface area (Å²) in [5, 5.41) is -0.0819. The SMILES string of the molecule is O=S(=O)(CCN1CCN(c2cccc3c2OCC3)CC1)C1CCCCC1. The maximum Gasteiger partial charge on any atom is 0.154 e. The number of benzene rings is 1. The molecular formula is C20H30N2O3S. The second kappa shape index (κ2) is 7.77. The Kier molecular flexibility index (Phi) is 5.41. The van der Waals surface area contributed by atoms with Crippen LogP contribution in [-0.4, -0.2) is 63.7 Å². The Hall–Kier alpha value is -1.27. The number of rotatable bonds is 5. The fourth-order valence-electron chi connectivity index (χ4n) is 4.51. The van der Waals surface area contributed by atoms with Crippen LogP contribution < -0.4 is 9.64 Å². The maximum absolute atomic E-state index is 12.6. The first-order valence-corrected chi connectivity index (χ1v) is 11.8. The van der Waals surface area contributed by atoms with Gasteiger partial charge in [0.15, 0.2) is 9.84 Å². The lowest BCUT2D eigenvalue weighted by atomic mass is 10.0. The molecule has 3 aliphatic rings. The zero-order valence-electron chi connectivity index (χ0n) is 15.5. The summed E-state index contributed by atoms with van der Waals surface area (Å²) < 4.78 is 31.0. The molecule has 5 nitrogen and oxygen atoms in total. The summed E-state index contributed by atoms with van der Waals surface area (Å²) in [7, 11) is -2.93. The van der Waals surface area contributed by atoms with Crippen LogP contribution in [0.4, 0.5) is 5.69 Å². The van der Waals surface area contributed by atoms with Crippen molar-refractivity contribution in [2.75, 3.05) is 50.0 Å². The van der Waals surface area contributed by atoms with E-state index in [1.54, 1.807) is 0 Å². The molecule has 1 aromatic rings. The fraction of sp³-hybridized carbons (Fsp3) is 0.700. The second-order valence-electron chi connectivity index (χ2n) is 7.82. The summed E-state index contributed by atoms with van der Waals surface area (Å²) in [5.41, 5.74) is 2.51. The molecule has 0 amide bonds. The molecule has 0 spiro atoms. The average Bonchev–Trinajstić information content (AvgIpc) is 3.16. The number of ether oxygens (including phenoxy) is 1. The molecule has 6 heteroatoms. The summed E-state index contributed by atoms with van der Waals surface area (Å²) in [4.78, 5) is 4.69. The highest BCUT2D eigenvalue weighted by Crippen LogP contribution is 2.36. The van der Waals surface area contributed by atoms with Gasteiger partial charge in [-0.3, -0.25) is 4.90 Å². The van der Waals surface area contributed by atoms with Gasteiger partial charge in [0.1, 0.15) is 5.75 Å². The van der Waals surface area contributed by atoms with Crippen molar-refractivity contribution in [1.29, 1.82) is 0 Å². The third-order valence-corrected chi connectivity index (χ3v) is 8.40. The van der Waals surface area contributed by atoms with Gasteiger partial charge < -0.3 is 9.64 Å². The van der Waals surface area contributed by atoms with Gasteiger partial charge in [-0.2, -0.15) is 0 Å². The van der Waals surface area contributed by atoms with E-state index in [4.69, 9.17) is 4.74 Å². The van der Waals surface area contributed by atoms with E-state index in [-0.39, 0.29) is 5.25 Å². The van der Waals surface area contributed by atoms with E-state index in [0.29, 0.717) is 12.3 Å². The Bertz CT molecular complexity index is 721. The van der Waals surface area contributed by atoms with Crippen LogP contribution in [0.15, 0.2) is 18.2 Å². The Morgan fingerprint density at radius 1 is 1.04 bits per heavy atom. The lowest BCUT2D eigenvalue weighted by molar-refractivity contribution is 0.270. The number of piperazine rings is 1. The second-order valence-corrected chi connectivity index (χ2v) is 10.2. The van der Waals surface area contributed by atoms with Crippen LogP contribution in [-0.2, 0) is 16.3 Å². The van der Waals surface area contributed by atoms with E-state index in [1.807, 2.05) is 0 Å². The highest BCUT2D eigenvalue weighted by atomic mass is 32.2. The average molecular weight is 379 g/mol. The van der Waals surface area contributed by atoms with Crippen molar-refractivity contribution in [3.8, 4) is 5.75 Å². The third-order valence-electron chi connectivity index (χ3n) is 6.16. The Morgan fingerprint density at radius 3 is 2.58 bits per heavy atom. The van der Waals surface area contributed by atoms with Crippen molar-refractivity contribution in [2.24, 2.45) is 0 Å². The molecule has 4 rings (SSSR count). The first kappa shape index (κ1) is 18.1. The minimum atomic E-state index is -2.93. The molecule has 1 aliphatic carbocycles. The molecule has 0 radical (unpaired) electrons. The van der Waals surface area contributed by atoms with Crippen LogP contribution in [0.2, 0.25) is 0 Å². The fourth-order valence-corrected chi connectivity index (χ4v) is 6.40. The van der Waals surface area contributed by atoms with E-state index in [9.17, 15) is 8.42 Å². The summed E-state index contributed by atoms with van der Waals surface area (Å²) in [5.74, 6) is 1.38. The van der Waals surface area contributed by atoms with Crippen LogP contribution in [0.3, 0.4) is 0 Å². The van der Waals surface area contributed by atoms with Crippen molar-refractivity contribution in [3.63, 3.8) is 0 Å². The van der Waals surface area contributed by atoms with Crippen molar-refractivity contribution in [1.82, 2.24) is 4.90 Å². The zero-order valence-corrected chi connectivity index (χ0v) is 16.3. The monoisotopic (exact) mass is 378 g/mol. The molecule has 1 saturated heterocycles. The third kappa shape index (κ3) is 3.86. The number of para-hydroxylation sites is 1. The van der Waals surface area contributed by atoms with Gasteiger partial charge in [-0.15, -0.1) is 0 Å². The number of sulfone groups is 1. The molecule has 0 aromatic heterocycles. The van der Waals surface area contributed by atoms with E-state index in [2.05, 4.69) is 28.0 Å². The zero-order chi connectivity index (χ0) is 18.0. The predicted molar refractivity (Wildman–Crippen MR) is 105 cm³/mol. The van der Waals surface area contributed by atoms with Gasteiger partial charge in [-0.25, -0.2) is 8.42 Å². The molecule has 2 heterocycles. The maximum atomic E-state index is 12.6. The van der Waals surface area contributed by atoms with Gasteiger partial charge in [0.25, 0.3) is 0 Å². The first-order valence-electron chi connectivity index (χ1n) is 10.1. The first-order chi connectivity index (χ1) is 12.6. The summed E-state index contributed by atoms with van der Waals surface area (Å²) in [6, 6.07) is 6.41. The van der Waals surface area contributed by atoms with Crippen molar-refractivity contribution < 1.29 is 13.2 Å². The van der Waals surface area contributed by atoms with Gasteiger partial charge in [0.05, 0.1) is 23.3 Å². The number of nitrogens with zero attached hydrogens (tertiary/aromatic N) is 2. The van der Waals surface area contributed by atoms with Crippen molar-refractivity contribution in [3.05, 3.63) is 23.8 Å². The van der Waals surface area contributed by atoms with Gasteiger partial charge in [-0.1, -0.05) is 31.4 Å². The van der Waals surface area contributed by atoms with Crippen LogP contribution in [0.25, 0.3) is 0 Å². The van der Waals surface area contributed by atoms with Gasteiger partial charge in [-0.05, 0) is 24.5 Å². The molecule has 2 aliphatic heterocycles. The molecule has 0 atom stereocenters. The molecule has 2 fully saturated rings. The molecule has 144 valence electrons.